The summed E-state index contributed by atoms with van der Waals surface area (Å²) in [6.07, 6.45) is -0.993. The largest absolute Gasteiger partial charge is 0.481 e. The number of nitrogens with one attached hydrogen (secondary N) is 2. The molecule has 0 aliphatic rings. The summed E-state index contributed by atoms with van der Waals surface area (Å²) in [6, 6.07) is -3.88. The Morgan fingerprint density at radius 2 is 1.21 bits per heavy atom. The van der Waals surface area contributed by atoms with Gasteiger partial charge in [-0.1, -0.05) is 13.8 Å². The highest BCUT2D eigenvalue weighted by molar-refractivity contribution is 5.87. The van der Waals surface area contributed by atoms with Crippen molar-refractivity contribution in [3.63, 3.8) is 0 Å². The topological polar surface area (TPSA) is 170 Å². The highest BCUT2D eigenvalue weighted by atomic mass is 16.4. The van der Waals surface area contributed by atoms with Crippen LogP contribution in [0.3, 0.4) is 0 Å². The molecule has 136 valence electrons. The van der Waals surface area contributed by atoms with E-state index in [1.54, 1.807) is 13.8 Å². The second kappa shape index (κ2) is 10.2. The lowest BCUT2D eigenvalue weighted by Crippen LogP contribution is -2.51. The minimum atomic E-state index is -1.46. The van der Waals surface area contributed by atoms with E-state index in [1.165, 1.54) is 0 Å². The molecule has 0 aromatic rings. The molecule has 0 aromatic carbocycles. The molecule has 0 radical (unpaired) electrons. The molecule has 0 saturated heterocycles. The Labute approximate surface area is 138 Å². The fourth-order valence-electron chi connectivity index (χ4n) is 1.72. The van der Waals surface area contributed by atoms with Crippen LogP contribution in [0.15, 0.2) is 0 Å². The summed E-state index contributed by atoms with van der Waals surface area (Å²) in [5.74, 6) is -4.44. The lowest BCUT2D eigenvalue weighted by molar-refractivity contribution is -0.141. The van der Waals surface area contributed by atoms with E-state index in [4.69, 9.17) is 15.3 Å². The maximum absolute atomic E-state index is 11.7. The summed E-state index contributed by atoms with van der Waals surface area (Å²) in [4.78, 5) is 55.7. The molecule has 0 bridgehead atoms. The summed E-state index contributed by atoms with van der Waals surface area (Å²) in [7, 11) is 0. The Kier molecular flexibility index (Phi) is 9.06. The Bertz CT molecular complexity index is 503. The van der Waals surface area contributed by atoms with Crippen molar-refractivity contribution in [1.82, 2.24) is 10.6 Å². The van der Waals surface area contributed by atoms with Crippen LogP contribution in [0.5, 0.6) is 0 Å². The van der Waals surface area contributed by atoms with E-state index in [0.717, 1.165) is 0 Å². The number of carboxylic acid groups (broad SMARTS) is 3. The molecule has 0 heterocycles. The Hall–Kier alpha value is -2.65. The smallest absolute Gasteiger partial charge is 0.326 e. The number of rotatable bonds is 11. The zero-order chi connectivity index (χ0) is 18.9. The van der Waals surface area contributed by atoms with Crippen molar-refractivity contribution in [3.05, 3.63) is 0 Å². The van der Waals surface area contributed by atoms with Crippen LogP contribution >= 0.6 is 0 Å². The van der Waals surface area contributed by atoms with E-state index >= 15 is 0 Å². The first-order valence-corrected chi connectivity index (χ1v) is 7.31. The van der Waals surface area contributed by atoms with Crippen molar-refractivity contribution in [3.8, 4) is 0 Å². The van der Waals surface area contributed by atoms with Crippen molar-refractivity contribution in [2.75, 3.05) is 0 Å². The predicted molar refractivity (Wildman–Crippen MR) is 80.5 cm³/mol. The zero-order valence-corrected chi connectivity index (χ0v) is 13.4. The number of Topliss-reactive ketones (excluding diaryl/α,β-unsaturated/α-hetero) is 1. The first kappa shape index (κ1) is 21.4. The van der Waals surface area contributed by atoms with Gasteiger partial charge in [-0.15, -0.1) is 0 Å². The number of amides is 2. The number of urea groups is 1. The molecule has 2 unspecified atom stereocenters. The Morgan fingerprint density at radius 1 is 0.792 bits per heavy atom. The average molecular weight is 346 g/mol. The van der Waals surface area contributed by atoms with Gasteiger partial charge in [0.15, 0.2) is 0 Å². The maximum Gasteiger partial charge on any atom is 0.326 e. The minimum absolute atomic E-state index is 0.0454. The van der Waals surface area contributed by atoms with E-state index in [0.29, 0.717) is 0 Å². The third kappa shape index (κ3) is 8.71. The van der Waals surface area contributed by atoms with Gasteiger partial charge >= 0.3 is 23.9 Å². The Morgan fingerprint density at radius 3 is 1.54 bits per heavy atom. The number of carbonyl (C=O) groups excluding carboxylic acids is 2. The molecule has 2 amide bonds. The van der Waals surface area contributed by atoms with Crippen LogP contribution in [-0.2, 0) is 19.2 Å². The monoisotopic (exact) mass is 346 g/mol. The van der Waals surface area contributed by atoms with Crippen molar-refractivity contribution in [2.24, 2.45) is 5.92 Å². The molecule has 0 aliphatic carbocycles. The molecule has 0 aliphatic heterocycles. The molecule has 2 atom stereocenters. The van der Waals surface area contributed by atoms with E-state index < -0.39 is 42.4 Å². The fraction of sp³-hybridized carbons (Fsp3) is 0.643. The number of aliphatic carboxylic acids is 3. The van der Waals surface area contributed by atoms with Gasteiger partial charge in [-0.25, -0.2) is 14.4 Å². The summed E-state index contributed by atoms with van der Waals surface area (Å²) in [5.41, 5.74) is 0. The number of carboxylic acids is 3. The van der Waals surface area contributed by atoms with Crippen molar-refractivity contribution in [2.45, 2.75) is 51.6 Å². The van der Waals surface area contributed by atoms with Gasteiger partial charge in [0, 0.05) is 18.8 Å². The van der Waals surface area contributed by atoms with Crippen molar-refractivity contribution < 1.29 is 39.3 Å². The molecule has 0 saturated carbocycles. The normalized spacial score (nSPS) is 13.0. The summed E-state index contributed by atoms with van der Waals surface area (Å²) >= 11 is 0. The minimum Gasteiger partial charge on any atom is -0.481 e. The van der Waals surface area contributed by atoms with Gasteiger partial charge in [-0.2, -0.15) is 0 Å². The summed E-state index contributed by atoms with van der Waals surface area (Å²) in [5, 5.41) is 30.6. The van der Waals surface area contributed by atoms with Crippen LogP contribution in [0.25, 0.3) is 0 Å². The lowest BCUT2D eigenvalue weighted by atomic mass is 10.0. The van der Waals surface area contributed by atoms with Crippen LogP contribution in [0.2, 0.25) is 0 Å². The highest BCUT2D eigenvalue weighted by Gasteiger charge is 2.25. The van der Waals surface area contributed by atoms with Crippen molar-refractivity contribution in [1.29, 1.82) is 0 Å². The van der Waals surface area contributed by atoms with Gasteiger partial charge in [-0.05, 0) is 12.8 Å². The quantitative estimate of drug-likeness (QED) is 0.349. The van der Waals surface area contributed by atoms with E-state index in [9.17, 15) is 24.0 Å². The molecule has 0 aromatic heterocycles. The molecule has 0 rings (SSSR count). The maximum atomic E-state index is 11.7. The number of ketones is 1. The molecule has 0 spiro atoms. The van der Waals surface area contributed by atoms with Crippen LogP contribution in [0.4, 0.5) is 4.79 Å². The summed E-state index contributed by atoms with van der Waals surface area (Å²) in [6.45, 7) is 3.33. The van der Waals surface area contributed by atoms with Crippen LogP contribution in [-0.4, -0.2) is 57.1 Å². The van der Waals surface area contributed by atoms with Gasteiger partial charge in [0.05, 0.1) is 0 Å². The van der Waals surface area contributed by atoms with Crippen molar-refractivity contribution >= 4 is 29.7 Å². The zero-order valence-electron chi connectivity index (χ0n) is 13.4. The number of hydrogen-bond donors (Lipinski definition) is 5. The van der Waals surface area contributed by atoms with Crippen LogP contribution < -0.4 is 10.6 Å². The van der Waals surface area contributed by atoms with Gasteiger partial charge in [0.1, 0.15) is 17.9 Å². The molecule has 5 N–H and O–H groups in total. The standard InChI is InChI=1S/C14H22N2O8/c1-7(2)10(17)5-3-8(12(20)21)15-14(24)16-9(13(22)23)4-6-11(18)19/h7-9H,3-6H2,1-2H3,(H,18,19)(H,20,21)(H,22,23)(H2,15,16,24). The lowest BCUT2D eigenvalue weighted by Gasteiger charge is -2.18. The highest BCUT2D eigenvalue weighted by Crippen LogP contribution is 2.06. The number of hydrogen-bond acceptors (Lipinski definition) is 5. The van der Waals surface area contributed by atoms with Gasteiger partial charge < -0.3 is 26.0 Å². The molecule has 10 nitrogen and oxygen atoms in total. The van der Waals surface area contributed by atoms with E-state index in [1.807, 2.05) is 5.32 Å². The van der Waals surface area contributed by atoms with Crippen LogP contribution in [0.1, 0.15) is 39.5 Å². The third-order valence-corrected chi connectivity index (χ3v) is 3.18. The first-order chi connectivity index (χ1) is 11.0. The van der Waals surface area contributed by atoms with Gasteiger partial charge in [-0.3, -0.25) is 9.59 Å². The molecular weight excluding hydrogens is 324 g/mol. The number of carbonyl (C=O) groups is 5. The van der Waals surface area contributed by atoms with E-state index in [2.05, 4.69) is 5.32 Å². The van der Waals surface area contributed by atoms with Crippen LogP contribution in [0, 0.1) is 5.92 Å². The molecule has 0 fully saturated rings. The summed E-state index contributed by atoms with van der Waals surface area (Å²) < 4.78 is 0. The third-order valence-electron chi connectivity index (χ3n) is 3.18. The average Bonchev–Trinajstić information content (AvgIpc) is 2.46. The molecule has 24 heavy (non-hydrogen) atoms. The molecule has 10 heteroatoms. The van der Waals surface area contributed by atoms with E-state index in [-0.39, 0.29) is 31.0 Å². The van der Waals surface area contributed by atoms with Gasteiger partial charge in [0.2, 0.25) is 0 Å². The van der Waals surface area contributed by atoms with Gasteiger partial charge in [0.25, 0.3) is 0 Å². The predicted octanol–water partition coefficient (Wildman–Crippen LogP) is 0.0621. The molecular formula is C14H22N2O8. The second-order valence-electron chi connectivity index (χ2n) is 5.49. The fourth-order valence-corrected chi connectivity index (χ4v) is 1.72. The first-order valence-electron chi connectivity index (χ1n) is 7.31. The SMILES string of the molecule is CC(C)C(=O)CCC(NC(=O)NC(CCC(=O)O)C(=O)O)C(=O)O. The second-order valence-corrected chi connectivity index (χ2v) is 5.49. The Balaban J connectivity index is 4.64.